The third-order valence-electron chi connectivity index (χ3n) is 4.74. The highest BCUT2D eigenvalue weighted by atomic mass is 32.2. The van der Waals surface area contributed by atoms with Gasteiger partial charge in [0.15, 0.2) is 0 Å². The molecule has 4 rings (SSSR count). The molecule has 0 saturated heterocycles. The first-order valence-electron chi connectivity index (χ1n) is 9.59. The van der Waals surface area contributed by atoms with Crippen LogP contribution in [0.1, 0.15) is 21.6 Å². The molecule has 33 heavy (non-hydrogen) atoms. The zero-order chi connectivity index (χ0) is 23.4. The van der Waals surface area contributed by atoms with Gasteiger partial charge in [-0.1, -0.05) is 60.3 Å². The van der Waals surface area contributed by atoms with E-state index in [4.69, 9.17) is 10.3 Å². The third kappa shape index (κ3) is 4.11. The Kier molecular flexibility index (Phi) is 6.02. The van der Waals surface area contributed by atoms with Crippen LogP contribution in [0.3, 0.4) is 0 Å². The van der Waals surface area contributed by atoms with E-state index in [-0.39, 0.29) is 33.4 Å². The number of rotatable bonds is 6. The summed E-state index contributed by atoms with van der Waals surface area (Å²) in [6, 6.07) is 21.7. The second-order valence-corrected chi connectivity index (χ2v) is 7.69. The number of nitriles is 2. The van der Waals surface area contributed by atoms with Gasteiger partial charge >= 0.3 is 11.3 Å². The zero-order valence-electron chi connectivity index (χ0n) is 17.0. The van der Waals surface area contributed by atoms with E-state index in [0.717, 1.165) is 11.8 Å². The Labute approximate surface area is 191 Å². The monoisotopic (exact) mass is 455 g/mol. The highest BCUT2D eigenvalue weighted by Crippen LogP contribution is 2.35. The lowest BCUT2D eigenvalue weighted by Crippen LogP contribution is -2.41. The molecular weight excluding hydrogens is 440 g/mol. The first-order chi connectivity index (χ1) is 16.0. The number of hydrogen-bond donors (Lipinski definition) is 2. The average Bonchev–Trinajstić information content (AvgIpc) is 3.24. The van der Waals surface area contributed by atoms with Crippen LogP contribution in [-0.4, -0.2) is 21.8 Å². The minimum Gasteiger partial charge on any atom is -0.383 e. The number of nitrogens with two attached hydrogens (primary N) is 1. The quantitative estimate of drug-likeness (QED) is 0.255. The summed E-state index contributed by atoms with van der Waals surface area (Å²) in [5, 5.41) is 22.0. The molecule has 0 aliphatic heterocycles. The van der Waals surface area contributed by atoms with Gasteiger partial charge in [0.25, 0.3) is 0 Å². The van der Waals surface area contributed by atoms with Crippen molar-refractivity contribution in [3.05, 3.63) is 87.9 Å². The fourth-order valence-electron chi connectivity index (χ4n) is 3.27. The second-order valence-electron chi connectivity index (χ2n) is 6.73. The molecule has 0 bridgehead atoms. The molecule has 0 fully saturated rings. The molecule has 10 heteroatoms. The van der Waals surface area contributed by atoms with Crippen LogP contribution in [0.5, 0.6) is 0 Å². The van der Waals surface area contributed by atoms with Crippen molar-refractivity contribution in [3.8, 4) is 29.0 Å². The van der Waals surface area contributed by atoms with Crippen LogP contribution in [-0.2, 0) is 0 Å². The standard InChI is InChI=1S/C23H14N6O3S/c24-11-16-19(14-7-3-1-4-8-14)17(12-25)22(27-21(16)26)33-13-18(30)20-23(31)32-28-29(20)15-9-5-2-6-10-15/h1-10H,13H2,(H2-,26,27,28,30,31)/p+1. The van der Waals surface area contributed by atoms with E-state index in [1.807, 2.05) is 12.1 Å². The largest absolute Gasteiger partial charge is 0.438 e. The Hall–Kier alpha value is -4.67. The van der Waals surface area contributed by atoms with Crippen LogP contribution in [0.25, 0.3) is 16.8 Å². The Bertz CT molecular complexity index is 1480. The topological polar surface area (TPSA) is 153 Å². The molecule has 2 aromatic carbocycles. The van der Waals surface area contributed by atoms with Gasteiger partial charge in [0, 0.05) is 17.7 Å². The van der Waals surface area contributed by atoms with E-state index < -0.39 is 11.4 Å². The first-order valence-corrected chi connectivity index (χ1v) is 10.6. The number of hydrogen-bond acceptors (Lipinski definition) is 8. The van der Waals surface area contributed by atoms with Crippen molar-refractivity contribution in [1.82, 2.24) is 10.3 Å². The molecule has 0 aliphatic carbocycles. The number of ketones is 1. The van der Waals surface area contributed by atoms with Crippen LogP contribution in [0.4, 0.5) is 5.82 Å². The van der Waals surface area contributed by atoms with E-state index in [1.165, 1.54) is 4.68 Å². The molecule has 3 N–H and O–H groups in total. The molecule has 160 valence electrons. The summed E-state index contributed by atoms with van der Waals surface area (Å²) in [6.45, 7) is 0. The Morgan fingerprint density at radius 2 is 1.70 bits per heavy atom. The molecule has 0 aliphatic rings. The SMILES string of the molecule is N#Cc1c(N)nc(SCC(=O)c2c(=O)o[nH][n+]2-c2ccccc2)c(C#N)c1-c1ccccc1. The number of anilines is 1. The number of pyridine rings is 1. The second kappa shape index (κ2) is 9.22. The van der Waals surface area contributed by atoms with Crippen molar-refractivity contribution < 1.29 is 14.0 Å². The number of benzene rings is 2. The number of para-hydroxylation sites is 1. The molecule has 2 heterocycles. The van der Waals surface area contributed by atoms with Gasteiger partial charge in [-0.05, 0) is 15.5 Å². The van der Waals surface area contributed by atoms with Gasteiger partial charge in [-0.25, -0.2) is 9.78 Å². The number of aromatic amines is 1. The summed E-state index contributed by atoms with van der Waals surface area (Å²) < 4.78 is 6.08. The Morgan fingerprint density at radius 3 is 2.33 bits per heavy atom. The van der Waals surface area contributed by atoms with Gasteiger partial charge in [-0.2, -0.15) is 10.5 Å². The molecule has 0 atom stereocenters. The number of carbonyl (C=O) groups excluding carboxylic acids is 1. The highest BCUT2D eigenvalue weighted by molar-refractivity contribution is 8.00. The third-order valence-corrected chi connectivity index (χ3v) is 5.72. The van der Waals surface area contributed by atoms with Crippen molar-refractivity contribution in [2.45, 2.75) is 5.03 Å². The van der Waals surface area contributed by atoms with Crippen LogP contribution >= 0.6 is 11.8 Å². The lowest BCUT2D eigenvalue weighted by molar-refractivity contribution is -0.672. The highest BCUT2D eigenvalue weighted by Gasteiger charge is 2.31. The summed E-state index contributed by atoms with van der Waals surface area (Å²) in [6.07, 6.45) is 0. The van der Waals surface area contributed by atoms with Gasteiger partial charge in [-0.3, -0.25) is 9.32 Å². The van der Waals surface area contributed by atoms with Gasteiger partial charge in [0.2, 0.25) is 11.5 Å². The Morgan fingerprint density at radius 1 is 1.06 bits per heavy atom. The molecule has 0 spiro atoms. The Balaban J connectivity index is 1.71. The summed E-state index contributed by atoms with van der Waals surface area (Å²) in [4.78, 5) is 29.3. The average molecular weight is 455 g/mol. The summed E-state index contributed by atoms with van der Waals surface area (Å²) in [7, 11) is 0. The molecule has 0 unspecified atom stereocenters. The number of Topliss-reactive ketones (excluding diaryl/α,β-unsaturated/α-hetero) is 1. The van der Waals surface area contributed by atoms with Gasteiger partial charge in [0.05, 0.1) is 11.3 Å². The molecule has 0 amide bonds. The number of nitrogens with one attached hydrogen (secondary N) is 1. The van der Waals surface area contributed by atoms with Crippen molar-refractivity contribution >= 4 is 23.4 Å². The predicted molar refractivity (Wildman–Crippen MR) is 119 cm³/mol. The number of carbonyl (C=O) groups is 1. The van der Waals surface area contributed by atoms with E-state index in [1.54, 1.807) is 54.6 Å². The van der Waals surface area contributed by atoms with E-state index in [9.17, 15) is 20.1 Å². The number of nitrogens with zero attached hydrogens (tertiary/aromatic N) is 4. The van der Waals surface area contributed by atoms with Gasteiger partial charge in [-0.15, -0.1) is 0 Å². The van der Waals surface area contributed by atoms with Crippen molar-refractivity contribution in [2.75, 3.05) is 11.5 Å². The molecule has 4 aromatic rings. The minimum atomic E-state index is -0.817. The molecule has 0 saturated carbocycles. The van der Waals surface area contributed by atoms with Crippen molar-refractivity contribution in [3.63, 3.8) is 0 Å². The van der Waals surface area contributed by atoms with E-state index >= 15 is 0 Å². The number of nitrogen functional groups attached to an aromatic ring is 1. The van der Waals surface area contributed by atoms with Crippen LogP contribution < -0.4 is 16.0 Å². The lowest BCUT2D eigenvalue weighted by Gasteiger charge is -2.12. The predicted octanol–water partition coefficient (Wildman–Crippen LogP) is 2.61. The molecule has 0 radical (unpaired) electrons. The normalized spacial score (nSPS) is 10.4. The summed E-state index contributed by atoms with van der Waals surface area (Å²) >= 11 is 0.952. The molecule has 9 nitrogen and oxygen atoms in total. The summed E-state index contributed by atoms with van der Waals surface area (Å²) in [5.41, 5.74) is 6.72. The van der Waals surface area contributed by atoms with Crippen LogP contribution in [0.15, 0.2) is 75.0 Å². The minimum absolute atomic E-state index is 0.0502. The van der Waals surface area contributed by atoms with Crippen molar-refractivity contribution in [1.29, 1.82) is 10.5 Å². The zero-order valence-corrected chi connectivity index (χ0v) is 17.8. The maximum absolute atomic E-state index is 12.9. The fourth-order valence-corrected chi connectivity index (χ4v) is 4.13. The first kappa shape index (κ1) is 21.6. The van der Waals surface area contributed by atoms with Gasteiger partial charge in [0.1, 0.15) is 28.5 Å². The fraction of sp³-hybridized carbons (Fsp3) is 0.0435. The van der Waals surface area contributed by atoms with Gasteiger partial charge < -0.3 is 5.73 Å². The molecular formula is C23H15N6O3S+. The maximum atomic E-state index is 12.9. The smallest absolute Gasteiger partial charge is 0.383 e. The van der Waals surface area contributed by atoms with E-state index in [0.29, 0.717) is 16.8 Å². The lowest BCUT2D eigenvalue weighted by atomic mass is 9.97. The number of thioether (sulfide) groups is 1. The number of H-pyrrole nitrogens is 1. The van der Waals surface area contributed by atoms with Crippen molar-refractivity contribution in [2.24, 2.45) is 0 Å². The van der Waals surface area contributed by atoms with Crippen LogP contribution in [0.2, 0.25) is 0 Å². The summed E-state index contributed by atoms with van der Waals surface area (Å²) in [5.74, 6) is -0.795. The van der Waals surface area contributed by atoms with E-state index in [2.05, 4.69) is 16.3 Å². The molecule has 2 aromatic heterocycles. The maximum Gasteiger partial charge on any atom is 0.438 e. The van der Waals surface area contributed by atoms with Crippen LogP contribution in [0, 0.1) is 22.7 Å². The number of aromatic nitrogens is 3.